The minimum Gasteiger partial charge on any atom is -0.460 e. The van der Waals surface area contributed by atoms with E-state index < -0.39 is 5.91 Å². The van der Waals surface area contributed by atoms with Crippen molar-refractivity contribution in [2.24, 2.45) is 0 Å². The number of hydrogen-bond donors (Lipinski definition) is 3. The molecule has 0 spiro atoms. The van der Waals surface area contributed by atoms with E-state index in [1.807, 2.05) is 31.2 Å². The summed E-state index contributed by atoms with van der Waals surface area (Å²) in [7, 11) is 0. The average Bonchev–Trinajstić information content (AvgIpc) is 3.31. The number of anilines is 1. The molecule has 3 aromatic heterocycles. The zero-order valence-corrected chi connectivity index (χ0v) is 15.1. The largest absolute Gasteiger partial charge is 0.460 e. The third kappa shape index (κ3) is 3.30. The van der Waals surface area contributed by atoms with E-state index in [9.17, 15) is 4.79 Å². The second kappa shape index (κ2) is 7.12. The van der Waals surface area contributed by atoms with Crippen molar-refractivity contribution in [3.8, 4) is 11.5 Å². The SMILES string of the molecule is Cc1ccc(-c2nc(N)nc3c2cnn3CCc2ccc(C(=O)NO)cc2)o1. The van der Waals surface area contributed by atoms with Gasteiger partial charge in [0.15, 0.2) is 11.4 Å². The van der Waals surface area contributed by atoms with Gasteiger partial charge < -0.3 is 10.2 Å². The van der Waals surface area contributed by atoms with Crippen LogP contribution in [0.4, 0.5) is 5.95 Å². The Morgan fingerprint density at radius 1 is 1.21 bits per heavy atom. The van der Waals surface area contributed by atoms with E-state index in [4.69, 9.17) is 15.4 Å². The Morgan fingerprint density at radius 2 is 2.00 bits per heavy atom. The maximum absolute atomic E-state index is 11.4. The third-order valence-electron chi connectivity index (χ3n) is 4.42. The quantitative estimate of drug-likeness (QED) is 0.359. The highest BCUT2D eigenvalue weighted by atomic mass is 16.5. The molecule has 0 aliphatic carbocycles. The summed E-state index contributed by atoms with van der Waals surface area (Å²) in [5.74, 6) is 1.01. The first kappa shape index (κ1) is 17.7. The van der Waals surface area contributed by atoms with Gasteiger partial charge in [-0.3, -0.25) is 10.0 Å². The fourth-order valence-electron chi connectivity index (χ4n) is 3.01. The fourth-order valence-corrected chi connectivity index (χ4v) is 3.01. The lowest BCUT2D eigenvalue weighted by Crippen LogP contribution is -2.18. The highest BCUT2D eigenvalue weighted by molar-refractivity contribution is 5.93. The maximum atomic E-state index is 11.4. The highest BCUT2D eigenvalue weighted by Crippen LogP contribution is 2.28. The Hall–Kier alpha value is -3.72. The molecule has 0 aliphatic heterocycles. The van der Waals surface area contributed by atoms with Crippen LogP contribution < -0.4 is 11.2 Å². The van der Waals surface area contributed by atoms with Gasteiger partial charge >= 0.3 is 0 Å². The number of carbonyl (C=O) groups is 1. The molecule has 4 N–H and O–H groups in total. The number of aryl methyl sites for hydroxylation is 3. The molecule has 0 aliphatic rings. The van der Waals surface area contributed by atoms with Gasteiger partial charge in [0.1, 0.15) is 11.5 Å². The molecule has 1 aromatic carbocycles. The van der Waals surface area contributed by atoms with Crippen molar-refractivity contribution < 1.29 is 14.4 Å². The molecule has 4 rings (SSSR count). The molecule has 142 valence electrons. The molecule has 3 heterocycles. The summed E-state index contributed by atoms with van der Waals surface area (Å²) < 4.78 is 7.44. The normalized spacial score (nSPS) is 11.1. The van der Waals surface area contributed by atoms with Gasteiger partial charge in [-0.1, -0.05) is 12.1 Å². The molecule has 0 bridgehead atoms. The molecule has 9 nitrogen and oxygen atoms in total. The van der Waals surface area contributed by atoms with Crippen molar-refractivity contribution >= 4 is 22.9 Å². The maximum Gasteiger partial charge on any atom is 0.274 e. The Morgan fingerprint density at radius 3 is 2.68 bits per heavy atom. The van der Waals surface area contributed by atoms with Crippen LogP contribution in [0.1, 0.15) is 21.7 Å². The van der Waals surface area contributed by atoms with E-state index in [-0.39, 0.29) is 5.95 Å². The van der Waals surface area contributed by atoms with E-state index >= 15 is 0 Å². The molecular weight excluding hydrogens is 360 g/mol. The van der Waals surface area contributed by atoms with Crippen molar-refractivity contribution in [2.75, 3.05) is 5.73 Å². The number of rotatable bonds is 5. The second-order valence-electron chi connectivity index (χ2n) is 6.33. The molecule has 9 heteroatoms. The van der Waals surface area contributed by atoms with Crippen molar-refractivity contribution in [2.45, 2.75) is 19.9 Å². The van der Waals surface area contributed by atoms with Gasteiger partial charge in [0, 0.05) is 12.1 Å². The van der Waals surface area contributed by atoms with Crippen molar-refractivity contribution in [3.05, 3.63) is 59.5 Å². The summed E-state index contributed by atoms with van der Waals surface area (Å²) in [5, 5.41) is 13.9. The summed E-state index contributed by atoms with van der Waals surface area (Å²) in [5.41, 5.74) is 10.2. The molecule has 0 saturated heterocycles. The van der Waals surface area contributed by atoms with Crippen LogP contribution in [0.15, 0.2) is 47.0 Å². The molecular formula is C19H18N6O3. The predicted molar refractivity (Wildman–Crippen MR) is 102 cm³/mol. The molecule has 28 heavy (non-hydrogen) atoms. The van der Waals surface area contributed by atoms with Crippen molar-refractivity contribution in [1.82, 2.24) is 25.2 Å². The summed E-state index contributed by atoms with van der Waals surface area (Å²) in [6.45, 7) is 2.44. The summed E-state index contributed by atoms with van der Waals surface area (Å²) in [6.07, 6.45) is 2.38. The van der Waals surface area contributed by atoms with E-state index in [1.165, 1.54) is 0 Å². The standard InChI is InChI=1S/C19H18N6O3/c1-11-2-7-15(28-11)16-14-10-21-25(17(14)23-19(20)22-16)9-8-12-3-5-13(6-4-12)18(26)24-27/h2-7,10,27H,8-9H2,1H3,(H,24,26)(H2,20,22,23). The topological polar surface area (TPSA) is 132 Å². The molecule has 1 amide bonds. The van der Waals surface area contributed by atoms with Crippen LogP contribution in [0.3, 0.4) is 0 Å². The summed E-state index contributed by atoms with van der Waals surface area (Å²) >= 11 is 0. The van der Waals surface area contributed by atoms with Gasteiger partial charge in [0.25, 0.3) is 5.91 Å². The number of amides is 1. The number of hydrogen-bond acceptors (Lipinski definition) is 7. The zero-order valence-electron chi connectivity index (χ0n) is 15.1. The van der Waals surface area contributed by atoms with Crippen molar-refractivity contribution in [1.29, 1.82) is 0 Å². The first-order valence-corrected chi connectivity index (χ1v) is 8.64. The molecule has 0 saturated carbocycles. The lowest BCUT2D eigenvalue weighted by Gasteiger charge is -2.06. The lowest BCUT2D eigenvalue weighted by atomic mass is 10.1. The van der Waals surface area contributed by atoms with Gasteiger partial charge in [-0.15, -0.1) is 0 Å². The smallest absolute Gasteiger partial charge is 0.274 e. The number of nitrogens with zero attached hydrogens (tertiary/aromatic N) is 4. The number of carbonyl (C=O) groups excluding carboxylic acids is 1. The number of furan rings is 1. The van der Waals surface area contributed by atoms with Crippen LogP contribution in [0.25, 0.3) is 22.5 Å². The Labute approximate surface area is 159 Å². The third-order valence-corrected chi connectivity index (χ3v) is 4.42. The first-order chi connectivity index (χ1) is 13.5. The van der Waals surface area contributed by atoms with Crippen LogP contribution in [-0.4, -0.2) is 30.9 Å². The first-order valence-electron chi connectivity index (χ1n) is 8.64. The zero-order chi connectivity index (χ0) is 19.7. The molecule has 4 aromatic rings. The predicted octanol–water partition coefficient (Wildman–Crippen LogP) is 2.34. The monoisotopic (exact) mass is 378 g/mol. The highest BCUT2D eigenvalue weighted by Gasteiger charge is 2.16. The molecule has 0 unspecified atom stereocenters. The Kier molecular flexibility index (Phi) is 4.50. The van der Waals surface area contributed by atoms with E-state index in [0.29, 0.717) is 35.6 Å². The van der Waals surface area contributed by atoms with Gasteiger partial charge in [-0.05, 0) is 43.2 Å². The van der Waals surface area contributed by atoms with E-state index in [2.05, 4.69) is 15.1 Å². The number of fused-ring (bicyclic) bond motifs is 1. The molecule has 0 radical (unpaired) electrons. The summed E-state index contributed by atoms with van der Waals surface area (Å²) in [4.78, 5) is 20.0. The summed E-state index contributed by atoms with van der Waals surface area (Å²) in [6, 6.07) is 10.7. The number of nitrogens with one attached hydrogen (secondary N) is 1. The lowest BCUT2D eigenvalue weighted by molar-refractivity contribution is 0.0706. The van der Waals surface area contributed by atoms with Crippen LogP contribution in [-0.2, 0) is 13.0 Å². The van der Waals surface area contributed by atoms with Crippen molar-refractivity contribution in [3.63, 3.8) is 0 Å². The molecule has 0 atom stereocenters. The number of benzene rings is 1. The fraction of sp³-hybridized carbons (Fsp3) is 0.158. The van der Waals surface area contributed by atoms with Gasteiger partial charge in [0.2, 0.25) is 5.95 Å². The van der Waals surface area contributed by atoms with Crippen LogP contribution in [0.5, 0.6) is 0 Å². The van der Waals surface area contributed by atoms with E-state index in [0.717, 1.165) is 16.7 Å². The van der Waals surface area contributed by atoms with Crippen LogP contribution in [0, 0.1) is 6.92 Å². The minimum absolute atomic E-state index is 0.151. The van der Waals surface area contributed by atoms with Gasteiger partial charge in [-0.25, -0.2) is 15.1 Å². The molecule has 0 fully saturated rings. The number of nitrogen functional groups attached to an aromatic ring is 1. The minimum atomic E-state index is -0.544. The number of nitrogens with two attached hydrogens (primary N) is 1. The van der Waals surface area contributed by atoms with Crippen LogP contribution in [0.2, 0.25) is 0 Å². The Bertz CT molecular complexity index is 1150. The van der Waals surface area contributed by atoms with Gasteiger partial charge in [0.05, 0.1) is 11.6 Å². The van der Waals surface area contributed by atoms with Crippen LogP contribution >= 0.6 is 0 Å². The number of hydroxylamine groups is 1. The van der Waals surface area contributed by atoms with E-state index in [1.54, 1.807) is 28.5 Å². The average molecular weight is 378 g/mol. The second-order valence-corrected chi connectivity index (χ2v) is 6.33. The van der Waals surface area contributed by atoms with Gasteiger partial charge in [-0.2, -0.15) is 10.1 Å². The number of aromatic nitrogens is 4. The Balaban J connectivity index is 1.60.